The van der Waals surface area contributed by atoms with E-state index in [4.69, 9.17) is 16.2 Å². The second kappa shape index (κ2) is 6.36. The predicted molar refractivity (Wildman–Crippen MR) is 91.0 cm³/mol. The topological polar surface area (TPSA) is 90.4 Å². The maximum Gasteiger partial charge on any atom is 0.250 e. The molecule has 21 heavy (non-hydrogen) atoms. The number of methoxy groups -OCH3 is 1. The Bertz CT molecular complexity index is 705. The third-order valence-electron chi connectivity index (χ3n) is 2.84. The first kappa shape index (κ1) is 15.7. The van der Waals surface area contributed by atoms with E-state index < -0.39 is 5.91 Å². The first-order chi connectivity index (χ1) is 9.92. The van der Waals surface area contributed by atoms with E-state index >= 15 is 0 Å². The van der Waals surface area contributed by atoms with E-state index in [-0.39, 0.29) is 5.56 Å². The summed E-state index contributed by atoms with van der Waals surface area (Å²) < 4.78 is 6.93. The minimum Gasteiger partial charge on any atom is -0.495 e. The Morgan fingerprint density at radius 1 is 1.19 bits per heavy atom. The van der Waals surface area contributed by atoms with E-state index in [1.165, 1.54) is 0 Å². The molecule has 7 heteroatoms. The molecule has 0 heterocycles. The van der Waals surface area contributed by atoms with Crippen molar-refractivity contribution in [3.8, 4) is 5.75 Å². The SMILES string of the molecule is COc1cc(Nc2ccc(N)c(C(N)=O)c2)c(Br)cc1Br. The van der Waals surface area contributed by atoms with Crippen LogP contribution in [0.4, 0.5) is 17.1 Å². The molecule has 0 spiro atoms. The number of benzene rings is 2. The van der Waals surface area contributed by atoms with Crippen LogP contribution >= 0.6 is 31.9 Å². The van der Waals surface area contributed by atoms with E-state index in [2.05, 4.69) is 37.2 Å². The van der Waals surface area contributed by atoms with Crippen LogP contribution < -0.4 is 21.5 Å². The first-order valence-electron chi connectivity index (χ1n) is 5.91. The highest BCUT2D eigenvalue weighted by Gasteiger charge is 2.10. The standard InChI is InChI=1S/C14H13Br2N3O2/c1-21-13-6-12(9(15)5-10(13)16)19-7-2-3-11(17)8(4-7)14(18)20/h2-6,19H,17H2,1H3,(H2,18,20). The zero-order valence-electron chi connectivity index (χ0n) is 11.1. The van der Waals surface area contributed by atoms with E-state index in [0.29, 0.717) is 17.1 Å². The number of nitrogens with one attached hydrogen (secondary N) is 1. The molecular formula is C14H13Br2N3O2. The Labute approximate surface area is 138 Å². The van der Waals surface area contributed by atoms with Crippen LogP contribution in [0.25, 0.3) is 0 Å². The second-order valence-electron chi connectivity index (χ2n) is 4.26. The molecule has 2 aromatic carbocycles. The molecule has 2 aromatic rings. The van der Waals surface area contributed by atoms with Gasteiger partial charge in [0.1, 0.15) is 5.75 Å². The fourth-order valence-corrected chi connectivity index (χ4v) is 3.04. The van der Waals surface area contributed by atoms with Gasteiger partial charge < -0.3 is 21.5 Å². The quantitative estimate of drug-likeness (QED) is 0.666. The summed E-state index contributed by atoms with van der Waals surface area (Å²) in [4.78, 5) is 11.3. The molecule has 0 bridgehead atoms. The average Bonchev–Trinajstić information content (AvgIpc) is 2.43. The van der Waals surface area contributed by atoms with Gasteiger partial charge in [0.25, 0.3) is 5.91 Å². The van der Waals surface area contributed by atoms with E-state index in [9.17, 15) is 4.79 Å². The molecule has 0 aliphatic carbocycles. The third kappa shape index (κ3) is 3.48. The van der Waals surface area contributed by atoms with Crippen molar-refractivity contribution in [3.05, 3.63) is 44.8 Å². The lowest BCUT2D eigenvalue weighted by Crippen LogP contribution is -2.13. The van der Waals surface area contributed by atoms with Crippen LogP contribution in [-0.2, 0) is 0 Å². The number of halogens is 2. The van der Waals surface area contributed by atoms with Gasteiger partial charge in [0, 0.05) is 21.9 Å². The van der Waals surface area contributed by atoms with Crippen LogP contribution in [0.2, 0.25) is 0 Å². The zero-order chi connectivity index (χ0) is 15.6. The van der Waals surface area contributed by atoms with Gasteiger partial charge in [0.15, 0.2) is 0 Å². The Balaban J connectivity index is 2.38. The minimum absolute atomic E-state index is 0.278. The summed E-state index contributed by atoms with van der Waals surface area (Å²) in [5.74, 6) is 0.120. The summed E-state index contributed by atoms with van der Waals surface area (Å²) in [6.07, 6.45) is 0. The number of rotatable bonds is 4. The molecule has 0 saturated carbocycles. The normalized spacial score (nSPS) is 10.2. The Morgan fingerprint density at radius 3 is 2.52 bits per heavy atom. The lowest BCUT2D eigenvalue weighted by molar-refractivity contribution is 0.100. The molecule has 0 saturated heterocycles. The van der Waals surface area contributed by atoms with Crippen molar-refractivity contribution in [2.45, 2.75) is 0 Å². The Hall–Kier alpha value is -1.73. The lowest BCUT2D eigenvalue weighted by Gasteiger charge is -2.13. The predicted octanol–water partition coefficient (Wildman–Crippen LogP) is 3.64. The van der Waals surface area contributed by atoms with Crippen molar-refractivity contribution in [1.29, 1.82) is 0 Å². The number of hydrogen-bond donors (Lipinski definition) is 3. The second-order valence-corrected chi connectivity index (χ2v) is 5.97. The number of ether oxygens (including phenoxy) is 1. The number of amides is 1. The van der Waals surface area contributed by atoms with Gasteiger partial charge in [-0.25, -0.2) is 0 Å². The molecule has 0 aliphatic heterocycles. The summed E-state index contributed by atoms with van der Waals surface area (Å²) in [5.41, 5.74) is 13.1. The van der Waals surface area contributed by atoms with E-state index in [0.717, 1.165) is 14.6 Å². The van der Waals surface area contributed by atoms with Crippen LogP contribution in [0.15, 0.2) is 39.3 Å². The van der Waals surface area contributed by atoms with Gasteiger partial charge in [-0.15, -0.1) is 0 Å². The lowest BCUT2D eigenvalue weighted by atomic mass is 10.1. The monoisotopic (exact) mass is 413 g/mol. The Kier molecular flexibility index (Phi) is 4.74. The van der Waals surface area contributed by atoms with E-state index in [1.54, 1.807) is 25.3 Å². The van der Waals surface area contributed by atoms with E-state index in [1.807, 2.05) is 12.1 Å². The smallest absolute Gasteiger partial charge is 0.250 e. The van der Waals surface area contributed by atoms with Crippen molar-refractivity contribution >= 4 is 54.8 Å². The molecule has 0 aliphatic rings. The molecular weight excluding hydrogens is 402 g/mol. The number of nitrogen functional groups attached to an aromatic ring is 1. The van der Waals surface area contributed by atoms with Gasteiger partial charge in [-0.05, 0) is 56.1 Å². The number of carbonyl (C=O) groups excluding carboxylic acids is 1. The van der Waals surface area contributed by atoms with Crippen molar-refractivity contribution in [1.82, 2.24) is 0 Å². The molecule has 110 valence electrons. The maximum atomic E-state index is 11.3. The minimum atomic E-state index is -0.566. The summed E-state index contributed by atoms with van der Waals surface area (Å²) in [6, 6.07) is 8.70. The van der Waals surface area contributed by atoms with Gasteiger partial charge >= 0.3 is 0 Å². The van der Waals surface area contributed by atoms with Crippen molar-refractivity contribution < 1.29 is 9.53 Å². The number of anilines is 3. The van der Waals surface area contributed by atoms with Crippen LogP contribution in [0, 0.1) is 0 Å². The molecule has 0 atom stereocenters. The number of nitrogens with two attached hydrogens (primary N) is 2. The number of hydrogen-bond acceptors (Lipinski definition) is 4. The zero-order valence-corrected chi connectivity index (χ0v) is 14.3. The summed E-state index contributed by atoms with van der Waals surface area (Å²) in [7, 11) is 1.59. The molecule has 1 amide bonds. The van der Waals surface area contributed by atoms with Crippen LogP contribution in [0.5, 0.6) is 5.75 Å². The summed E-state index contributed by atoms with van der Waals surface area (Å²) >= 11 is 6.87. The van der Waals surface area contributed by atoms with Gasteiger partial charge in [0.05, 0.1) is 22.8 Å². The fourth-order valence-electron chi connectivity index (χ4n) is 1.78. The Morgan fingerprint density at radius 2 is 1.90 bits per heavy atom. The maximum absolute atomic E-state index is 11.3. The number of carbonyl (C=O) groups is 1. The molecule has 0 fully saturated rings. The largest absolute Gasteiger partial charge is 0.495 e. The van der Waals surface area contributed by atoms with Crippen LogP contribution in [-0.4, -0.2) is 13.0 Å². The van der Waals surface area contributed by atoms with Gasteiger partial charge in [-0.2, -0.15) is 0 Å². The fraction of sp³-hybridized carbons (Fsp3) is 0.0714. The highest BCUT2D eigenvalue weighted by Crippen LogP contribution is 2.36. The highest BCUT2D eigenvalue weighted by molar-refractivity contribution is 9.11. The van der Waals surface area contributed by atoms with Crippen molar-refractivity contribution in [3.63, 3.8) is 0 Å². The summed E-state index contributed by atoms with van der Waals surface area (Å²) in [5, 5.41) is 3.19. The average molecular weight is 415 g/mol. The van der Waals surface area contributed by atoms with Gasteiger partial charge in [-0.1, -0.05) is 0 Å². The van der Waals surface area contributed by atoms with Gasteiger partial charge in [-0.3, -0.25) is 4.79 Å². The van der Waals surface area contributed by atoms with Gasteiger partial charge in [0.2, 0.25) is 0 Å². The highest BCUT2D eigenvalue weighted by atomic mass is 79.9. The molecule has 0 aromatic heterocycles. The first-order valence-corrected chi connectivity index (χ1v) is 7.50. The third-order valence-corrected chi connectivity index (χ3v) is 4.12. The number of primary amides is 1. The molecule has 0 unspecified atom stereocenters. The van der Waals surface area contributed by atoms with Crippen molar-refractivity contribution in [2.75, 3.05) is 18.2 Å². The molecule has 0 radical (unpaired) electrons. The molecule has 5 N–H and O–H groups in total. The van der Waals surface area contributed by atoms with Crippen molar-refractivity contribution in [2.24, 2.45) is 5.73 Å². The van der Waals surface area contributed by atoms with Crippen LogP contribution in [0.1, 0.15) is 10.4 Å². The summed E-state index contributed by atoms with van der Waals surface area (Å²) in [6.45, 7) is 0. The van der Waals surface area contributed by atoms with Crippen LogP contribution in [0.3, 0.4) is 0 Å². The molecule has 2 rings (SSSR count). The molecule has 5 nitrogen and oxygen atoms in total.